The summed E-state index contributed by atoms with van der Waals surface area (Å²) in [5, 5.41) is 3.34. The molecular weight excluding hydrogens is 262 g/mol. The van der Waals surface area contributed by atoms with Gasteiger partial charge in [0, 0.05) is 46.0 Å². The lowest BCUT2D eigenvalue weighted by Crippen LogP contribution is -2.19. The Hall–Kier alpha value is -2.74. The lowest BCUT2D eigenvalue weighted by atomic mass is 10.1. The Bertz CT molecular complexity index is 727. The van der Waals surface area contributed by atoms with E-state index in [0.717, 1.165) is 29.4 Å². The van der Waals surface area contributed by atoms with Crippen molar-refractivity contribution in [2.75, 3.05) is 31.4 Å². The van der Waals surface area contributed by atoms with Crippen LogP contribution in [0.4, 0.5) is 23.0 Å². The minimum atomic E-state index is 0.726. The Balaban J connectivity index is 1.90. The third-order valence-corrected chi connectivity index (χ3v) is 3.27. The van der Waals surface area contributed by atoms with Gasteiger partial charge in [-0.1, -0.05) is 12.0 Å². The summed E-state index contributed by atoms with van der Waals surface area (Å²) in [5.41, 5.74) is 3.30. The first-order chi connectivity index (χ1) is 10.1. The van der Waals surface area contributed by atoms with Crippen LogP contribution in [-0.4, -0.2) is 36.0 Å². The maximum absolute atomic E-state index is 4.36. The van der Waals surface area contributed by atoms with Gasteiger partial charge in [-0.3, -0.25) is 0 Å². The van der Waals surface area contributed by atoms with Crippen molar-refractivity contribution < 1.29 is 0 Å². The Morgan fingerprint density at radius 2 is 2.05 bits per heavy atom. The van der Waals surface area contributed by atoms with Gasteiger partial charge >= 0.3 is 0 Å². The van der Waals surface area contributed by atoms with Crippen molar-refractivity contribution in [1.29, 1.82) is 0 Å². The van der Waals surface area contributed by atoms with E-state index < -0.39 is 0 Å². The molecule has 5 nitrogen and oxygen atoms in total. The average Bonchev–Trinajstić information content (AvgIpc) is 2.47. The van der Waals surface area contributed by atoms with Gasteiger partial charge in [0.1, 0.15) is 0 Å². The van der Waals surface area contributed by atoms with Crippen molar-refractivity contribution in [3.05, 3.63) is 36.2 Å². The molecule has 0 aliphatic carbocycles. The van der Waals surface area contributed by atoms with E-state index in [-0.39, 0.29) is 0 Å². The zero-order valence-corrected chi connectivity index (χ0v) is 12.4. The first-order valence-electron chi connectivity index (χ1n) is 6.75. The molecule has 0 unspecified atom stereocenters. The Morgan fingerprint density at radius 1 is 1.24 bits per heavy atom. The fourth-order valence-electron chi connectivity index (χ4n) is 2.29. The molecule has 1 aromatic carbocycles. The van der Waals surface area contributed by atoms with E-state index in [1.54, 1.807) is 12.4 Å². The molecule has 0 saturated carbocycles. The van der Waals surface area contributed by atoms with Gasteiger partial charge in [-0.2, -0.15) is 0 Å². The average molecular weight is 279 g/mol. The Labute approximate surface area is 124 Å². The summed E-state index contributed by atoms with van der Waals surface area (Å²) in [6.45, 7) is 0. The van der Waals surface area contributed by atoms with Crippen LogP contribution in [0.25, 0.3) is 0 Å². The number of hydrogen-bond donors (Lipinski definition) is 1. The smallest absolute Gasteiger partial charge is 0.176 e. The van der Waals surface area contributed by atoms with Gasteiger partial charge < -0.3 is 15.1 Å². The summed E-state index contributed by atoms with van der Waals surface area (Å²) in [5.74, 6) is 4.76. The molecule has 5 heteroatoms. The van der Waals surface area contributed by atoms with Crippen LogP contribution in [0.1, 0.15) is 5.56 Å². The molecule has 2 heterocycles. The van der Waals surface area contributed by atoms with Crippen molar-refractivity contribution >= 4 is 23.0 Å². The Kier molecular flexibility index (Phi) is 3.36. The van der Waals surface area contributed by atoms with E-state index in [0.29, 0.717) is 0 Å². The van der Waals surface area contributed by atoms with Crippen molar-refractivity contribution in [3.8, 4) is 12.0 Å². The van der Waals surface area contributed by atoms with Crippen molar-refractivity contribution in [1.82, 2.24) is 14.9 Å². The topological polar surface area (TPSA) is 44.3 Å². The molecule has 1 aliphatic rings. The molecule has 0 radical (unpaired) electrons. The molecule has 0 spiro atoms. The molecule has 0 fully saturated rings. The highest BCUT2D eigenvalue weighted by Gasteiger charge is 2.21. The molecule has 0 amide bonds. The quantitative estimate of drug-likeness (QED) is 0.641. The summed E-state index contributed by atoms with van der Waals surface area (Å²) in [6.07, 6.45) is 4.12. The standard InChI is InChI=1S/C16H17N5/c1-20(2)10-4-5-12-6-7-14-13(11-12)19-15-16(21(14)3)18-9-8-17-15/h6-9,11H,5H2,1-3H3,(H,17,19). The zero-order valence-electron chi connectivity index (χ0n) is 12.4. The van der Waals surface area contributed by atoms with E-state index in [9.17, 15) is 0 Å². The number of anilines is 4. The third kappa shape index (κ3) is 2.61. The molecule has 3 rings (SSSR count). The van der Waals surface area contributed by atoms with E-state index >= 15 is 0 Å². The van der Waals surface area contributed by atoms with Crippen molar-refractivity contribution in [2.45, 2.75) is 6.42 Å². The fraction of sp³-hybridized carbons (Fsp3) is 0.250. The maximum atomic E-state index is 4.36. The van der Waals surface area contributed by atoms with Gasteiger partial charge in [-0.25, -0.2) is 9.97 Å². The van der Waals surface area contributed by atoms with Gasteiger partial charge in [0.15, 0.2) is 11.6 Å². The summed E-state index contributed by atoms with van der Waals surface area (Å²) >= 11 is 0. The van der Waals surface area contributed by atoms with Gasteiger partial charge in [-0.15, -0.1) is 0 Å². The number of nitrogens with zero attached hydrogens (tertiary/aromatic N) is 4. The van der Waals surface area contributed by atoms with Crippen LogP contribution in [-0.2, 0) is 6.42 Å². The number of benzene rings is 1. The fourth-order valence-corrected chi connectivity index (χ4v) is 2.29. The van der Waals surface area contributed by atoms with Crippen LogP contribution in [0.2, 0.25) is 0 Å². The van der Waals surface area contributed by atoms with Crippen LogP contribution >= 0.6 is 0 Å². The van der Waals surface area contributed by atoms with Crippen LogP contribution in [0, 0.1) is 12.0 Å². The summed E-state index contributed by atoms with van der Waals surface area (Å²) in [7, 11) is 5.87. The molecule has 1 aliphatic heterocycles. The molecule has 0 saturated heterocycles. The van der Waals surface area contributed by atoms with Crippen LogP contribution in [0.5, 0.6) is 0 Å². The predicted molar refractivity (Wildman–Crippen MR) is 85.0 cm³/mol. The maximum Gasteiger partial charge on any atom is 0.176 e. The number of nitrogens with one attached hydrogen (secondary N) is 1. The van der Waals surface area contributed by atoms with E-state index in [2.05, 4.69) is 45.4 Å². The second-order valence-corrected chi connectivity index (χ2v) is 5.12. The van der Waals surface area contributed by atoms with E-state index in [4.69, 9.17) is 0 Å². The summed E-state index contributed by atoms with van der Waals surface area (Å²) < 4.78 is 0. The molecule has 1 aromatic heterocycles. The third-order valence-electron chi connectivity index (χ3n) is 3.27. The highest BCUT2D eigenvalue weighted by atomic mass is 15.3. The van der Waals surface area contributed by atoms with Crippen molar-refractivity contribution in [2.24, 2.45) is 0 Å². The Morgan fingerprint density at radius 3 is 2.86 bits per heavy atom. The SMILES string of the molecule is CN(C)C#CCc1ccc2c(c1)Nc1nccnc1N2C. The van der Waals surface area contributed by atoms with E-state index in [1.807, 2.05) is 30.9 Å². The number of aromatic nitrogens is 2. The first kappa shape index (κ1) is 13.3. The van der Waals surface area contributed by atoms with Crippen LogP contribution in [0.3, 0.4) is 0 Å². The summed E-state index contributed by atoms with van der Waals surface area (Å²) in [6, 6.07) is 9.34. The van der Waals surface area contributed by atoms with E-state index in [1.165, 1.54) is 5.56 Å². The lowest BCUT2D eigenvalue weighted by Gasteiger charge is -2.28. The molecule has 0 bridgehead atoms. The second kappa shape index (κ2) is 5.33. The highest BCUT2D eigenvalue weighted by Crippen LogP contribution is 2.40. The molecule has 1 N–H and O–H groups in total. The largest absolute Gasteiger partial charge is 0.339 e. The van der Waals surface area contributed by atoms with Gasteiger partial charge in [0.05, 0.1) is 11.4 Å². The predicted octanol–water partition coefficient (Wildman–Crippen LogP) is 2.37. The molecule has 106 valence electrons. The number of hydrogen-bond acceptors (Lipinski definition) is 5. The van der Waals surface area contributed by atoms with Crippen LogP contribution in [0.15, 0.2) is 30.6 Å². The molecule has 0 atom stereocenters. The van der Waals surface area contributed by atoms with Crippen molar-refractivity contribution in [3.63, 3.8) is 0 Å². The zero-order chi connectivity index (χ0) is 14.8. The minimum absolute atomic E-state index is 0.726. The number of fused-ring (bicyclic) bond motifs is 2. The van der Waals surface area contributed by atoms with Crippen LogP contribution < -0.4 is 10.2 Å². The monoisotopic (exact) mass is 279 g/mol. The normalized spacial score (nSPS) is 11.7. The second-order valence-electron chi connectivity index (χ2n) is 5.12. The number of rotatable bonds is 1. The van der Waals surface area contributed by atoms with Gasteiger partial charge in [-0.05, 0) is 17.7 Å². The first-order valence-corrected chi connectivity index (χ1v) is 6.75. The minimum Gasteiger partial charge on any atom is -0.339 e. The van der Waals surface area contributed by atoms with Gasteiger partial charge in [0.25, 0.3) is 0 Å². The molecular formula is C16H17N5. The summed E-state index contributed by atoms with van der Waals surface area (Å²) in [4.78, 5) is 12.6. The molecule has 21 heavy (non-hydrogen) atoms. The highest BCUT2D eigenvalue weighted by molar-refractivity contribution is 5.88. The lowest BCUT2D eigenvalue weighted by molar-refractivity contribution is 0.597. The van der Waals surface area contributed by atoms with Gasteiger partial charge in [0.2, 0.25) is 0 Å². The molecule has 2 aromatic rings.